The van der Waals surface area contributed by atoms with E-state index in [9.17, 15) is 10.1 Å². The molecule has 104 valence electrons. The van der Waals surface area contributed by atoms with Crippen LogP contribution in [-0.2, 0) is 6.54 Å². The van der Waals surface area contributed by atoms with Gasteiger partial charge in [-0.1, -0.05) is 6.07 Å². The summed E-state index contributed by atoms with van der Waals surface area (Å²) in [5.41, 5.74) is 1.08. The molecule has 19 heavy (non-hydrogen) atoms. The van der Waals surface area contributed by atoms with Gasteiger partial charge in [-0.05, 0) is 60.5 Å². The Morgan fingerprint density at radius 2 is 2.16 bits per heavy atom. The van der Waals surface area contributed by atoms with E-state index < -0.39 is 0 Å². The molecule has 5 nitrogen and oxygen atoms in total. The van der Waals surface area contributed by atoms with E-state index in [1.54, 1.807) is 12.1 Å². The first-order valence-corrected chi connectivity index (χ1v) is 7.20. The van der Waals surface area contributed by atoms with Gasteiger partial charge in [0.15, 0.2) is 0 Å². The Bertz CT molecular complexity index is 459. The molecule has 1 fully saturated rings. The van der Waals surface area contributed by atoms with E-state index in [-0.39, 0.29) is 10.6 Å². The summed E-state index contributed by atoms with van der Waals surface area (Å²) < 4.78 is 0.528. The van der Waals surface area contributed by atoms with Gasteiger partial charge < -0.3 is 10.2 Å². The molecule has 0 spiro atoms. The predicted molar refractivity (Wildman–Crippen MR) is 78.2 cm³/mol. The number of likely N-dealkylation sites (tertiary alicyclic amines) is 1. The summed E-state index contributed by atoms with van der Waals surface area (Å²) in [7, 11) is 2.13. The first-order chi connectivity index (χ1) is 9.06. The predicted octanol–water partition coefficient (Wildman–Crippen LogP) is 2.54. The summed E-state index contributed by atoms with van der Waals surface area (Å²) in [4.78, 5) is 12.8. The van der Waals surface area contributed by atoms with Crippen LogP contribution in [0.25, 0.3) is 0 Å². The number of nitrogens with zero attached hydrogens (tertiary/aromatic N) is 2. The summed E-state index contributed by atoms with van der Waals surface area (Å²) >= 11 is 3.20. The third-order valence-corrected chi connectivity index (χ3v) is 4.19. The lowest BCUT2D eigenvalue weighted by molar-refractivity contribution is -0.385. The maximum Gasteiger partial charge on any atom is 0.283 e. The van der Waals surface area contributed by atoms with Crippen molar-refractivity contribution in [1.29, 1.82) is 0 Å². The number of benzene rings is 1. The van der Waals surface area contributed by atoms with E-state index in [1.807, 2.05) is 6.07 Å². The number of nitro groups is 1. The summed E-state index contributed by atoms with van der Waals surface area (Å²) in [6.07, 6.45) is 2.27. The number of rotatable bonds is 4. The van der Waals surface area contributed by atoms with Crippen LogP contribution >= 0.6 is 15.9 Å². The zero-order valence-electron chi connectivity index (χ0n) is 10.9. The van der Waals surface area contributed by atoms with Gasteiger partial charge in [0.1, 0.15) is 0 Å². The zero-order valence-corrected chi connectivity index (χ0v) is 12.5. The van der Waals surface area contributed by atoms with Crippen molar-refractivity contribution < 1.29 is 4.92 Å². The minimum Gasteiger partial charge on any atom is -0.310 e. The Labute approximate surface area is 121 Å². The third-order valence-electron chi connectivity index (χ3n) is 3.52. The fourth-order valence-corrected chi connectivity index (χ4v) is 2.67. The van der Waals surface area contributed by atoms with Gasteiger partial charge in [0.2, 0.25) is 0 Å². The van der Waals surface area contributed by atoms with E-state index >= 15 is 0 Å². The Balaban J connectivity index is 1.92. The minimum atomic E-state index is -0.358. The molecule has 0 aliphatic carbocycles. The Morgan fingerprint density at radius 3 is 2.79 bits per heavy atom. The highest BCUT2D eigenvalue weighted by Crippen LogP contribution is 2.25. The quantitative estimate of drug-likeness (QED) is 0.682. The molecule has 6 heteroatoms. The zero-order chi connectivity index (χ0) is 13.8. The number of hydrogen-bond acceptors (Lipinski definition) is 4. The molecule has 0 unspecified atom stereocenters. The van der Waals surface area contributed by atoms with Crippen molar-refractivity contribution >= 4 is 21.6 Å². The maximum atomic E-state index is 10.9. The van der Waals surface area contributed by atoms with Crippen LogP contribution in [0.1, 0.15) is 18.4 Å². The number of nitro benzene ring substituents is 1. The molecule has 1 saturated heterocycles. The van der Waals surface area contributed by atoms with Crippen LogP contribution in [-0.4, -0.2) is 36.0 Å². The second-order valence-electron chi connectivity index (χ2n) is 5.00. The summed E-state index contributed by atoms with van der Waals surface area (Å²) in [6.45, 7) is 2.90. The van der Waals surface area contributed by atoms with E-state index in [0.29, 0.717) is 17.1 Å². The van der Waals surface area contributed by atoms with Crippen molar-refractivity contribution in [2.75, 3.05) is 20.1 Å². The average Bonchev–Trinajstić information content (AvgIpc) is 2.39. The van der Waals surface area contributed by atoms with Crippen LogP contribution in [0.15, 0.2) is 22.7 Å². The lowest BCUT2D eigenvalue weighted by Gasteiger charge is -2.29. The topological polar surface area (TPSA) is 58.4 Å². The van der Waals surface area contributed by atoms with Crippen molar-refractivity contribution in [3.8, 4) is 0 Å². The summed E-state index contributed by atoms with van der Waals surface area (Å²) in [5.74, 6) is 0. The first kappa shape index (κ1) is 14.4. The van der Waals surface area contributed by atoms with Crippen LogP contribution in [0.4, 0.5) is 5.69 Å². The molecule has 0 aromatic heterocycles. The molecular formula is C13H18BrN3O2. The van der Waals surface area contributed by atoms with Crippen molar-refractivity contribution in [2.45, 2.75) is 25.4 Å². The highest BCUT2D eigenvalue weighted by molar-refractivity contribution is 9.10. The molecule has 2 rings (SSSR count). The standard InChI is InChI=1S/C13H18BrN3O2/c1-16-6-4-11(5-7-16)15-9-10-2-3-12(14)13(8-10)17(18)19/h2-3,8,11,15H,4-7,9H2,1H3. The van der Waals surface area contributed by atoms with E-state index in [4.69, 9.17) is 0 Å². The fourth-order valence-electron chi connectivity index (χ4n) is 2.28. The summed E-state index contributed by atoms with van der Waals surface area (Å²) in [5, 5.41) is 14.3. The molecule has 0 bridgehead atoms. The van der Waals surface area contributed by atoms with E-state index in [0.717, 1.165) is 31.5 Å². The molecule has 0 saturated carbocycles. The van der Waals surface area contributed by atoms with Gasteiger partial charge in [0.05, 0.1) is 9.40 Å². The van der Waals surface area contributed by atoms with Gasteiger partial charge in [-0.2, -0.15) is 0 Å². The van der Waals surface area contributed by atoms with Crippen molar-refractivity contribution in [1.82, 2.24) is 10.2 Å². The van der Waals surface area contributed by atoms with E-state index in [2.05, 4.69) is 33.2 Å². The van der Waals surface area contributed by atoms with Gasteiger partial charge in [-0.25, -0.2) is 0 Å². The molecule has 1 heterocycles. The smallest absolute Gasteiger partial charge is 0.283 e. The number of piperidine rings is 1. The van der Waals surface area contributed by atoms with Crippen LogP contribution in [0.5, 0.6) is 0 Å². The van der Waals surface area contributed by atoms with Gasteiger partial charge in [-0.3, -0.25) is 10.1 Å². The average molecular weight is 328 g/mol. The van der Waals surface area contributed by atoms with Crippen molar-refractivity contribution in [3.05, 3.63) is 38.3 Å². The van der Waals surface area contributed by atoms with E-state index in [1.165, 1.54) is 0 Å². The molecule has 1 aromatic carbocycles. The molecule has 1 aromatic rings. The van der Waals surface area contributed by atoms with Crippen LogP contribution in [0.3, 0.4) is 0 Å². The second kappa shape index (κ2) is 6.45. The lowest BCUT2D eigenvalue weighted by atomic mass is 10.1. The highest BCUT2D eigenvalue weighted by atomic mass is 79.9. The van der Waals surface area contributed by atoms with Gasteiger partial charge >= 0.3 is 0 Å². The van der Waals surface area contributed by atoms with Crippen LogP contribution < -0.4 is 5.32 Å². The normalized spacial score (nSPS) is 17.6. The molecule has 0 radical (unpaired) electrons. The SMILES string of the molecule is CN1CCC(NCc2ccc(Br)c([N+](=O)[O-])c2)CC1. The highest BCUT2D eigenvalue weighted by Gasteiger charge is 2.17. The fraction of sp³-hybridized carbons (Fsp3) is 0.538. The summed E-state index contributed by atoms with van der Waals surface area (Å²) in [6, 6.07) is 5.80. The molecule has 0 amide bonds. The van der Waals surface area contributed by atoms with Gasteiger partial charge in [-0.15, -0.1) is 0 Å². The lowest BCUT2D eigenvalue weighted by Crippen LogP contribution is -2.40. The molecule has 1 aliphatic heterocycles. The van der Waals surface area contributed by atoms with Crippen LogP contribution in [0, 0.1) is 10.1 Å². The van der Waals surface area contributed by atoms with Crippen molar-refractivity contribution in [2.24, 2.45) is 0 Å². The Hall–Kier alpha value is -0.980. The number of halogens is 1. The van der Waals surface area contributed by atoms with Crippen molar-refractivity contribution in [3.63, 3.8) is 0 Å². The Kier molecular flexibility index (Phi) is 4.90. The maximum absolute atomic E-state index is 10.9. The van der Waals surface area contributed by atoms with Gasteiger partial charge in [0, 0.05) is 18.7 Å². The Morgan fingerprint density at radius 1 is 1.47 bits per heavy atom. The third kappa shape index (κ3) is 3.99. The number of nitrogens with one attached hydrogen (secondary N) is 1. The molecular weight excluding hydrogens is 310 g/mol. The monoisotopic (exact) mass is 327 g/mol. The minimum absolute atomic E-state index is 0.127. The van der Waals surface area contributed by atoms with Gasteiger partial charge in [0.25, 0.3) is 5.69 Å². The molecule has 1 N–H and O–H groups in total. The largest absolute Gasteiger partial charge is 0.310 e. The number of hydrogen-bond donors (Lipinski definition) is 1. The first-order valence-electron chi connectivity index (χ1n) is 6.41. The second-order valence-corrected chi connectivity index (χ2v) is 5.86. The molecule has 0 atom stereocenters. The molecule has 1 aliphatic rings. The van der Waals surface area contributed by atoms with Crippen LogP contribution in [0.2, 0.25) is 0 Å².